The van der Waals surface area contributed by atoms with Crippen LogP contribution in [0.25, 0.3) is 0 Å². The highest BCUT2D eigenvalue weighted by Crippen LogP contribution is 2.37. The minimum absolute atomic E-state index is 0.213. The van der Waals surface area contributed by atoms with E-state index >= 15 is 0 Å². The number of hydrogen-bond acceptors (Lipinski definition) is 4. The number of thiophene rings is 1. The van der Waals surface area contributed by atoms with Crippen LogP contribution in [0, 0.1) is 5.92 Å². The van der Waals surface area contributed by atoms with E-state index in [1.165, 1.54) is 37.0 Å². The standard InChI is InChI=1S/C24H36N2O3S/c1-24(2,3)29-23(28)25-13-10-18(11-14-25)21-15-19(16-30-21)22(27)26-12-6-8-17-7-4-5-9-20(17)26/h15-18,20H,4-14H2,1-3H3/t17-,20+/m0/s1. The molecule has 2 aliphatic heterocycles. The largest absolute Gasteiger partial charge is 0.444 e. The molecule has 3 fully saturated rings. The molecule has 0 aromatic carbocycles. The molecule has 5 nitrogen and oxygen atoms in total. The highest BCUT2D eigenvalue weighted by molar-refractivity contribution is 7.10. The Morgan fingerprint density at radius 3 is 2.43 bits per heavy atom. The van der Waals surface area contributed by atoms with Crippen LogP contribution in [0.4, 0.5) is 4.79 Å². The van der Waals surface area contributed by atoms with Gasteiger partial charge >= 0.3 is 6.09 Å². The van der Waals surface area contributed by atoms with Crippen molar-refractivity contribution in [1.29, 1.82) is 0 Å². The number of piperidine rings is 2. The molecule has 1 aromatic heterocycles. The van der Waals surface area contributed by atoms with Crippen molar-refractivity contribution in [2.75, 3.05) is 19.6 Å². The van der Waals surface area contributed by atoms with E-state index < -0.39 is 5.60 Å². The fourth-order valence-corrected chi connectivity index (χ4v) is 6.45. The Morgan fingerprint density at radius 1 is 1.00 bits per heavy atom. The zero-order chi connectivity index (χ0) is 21.3. The SMILES string of the molecule is CC(C)(C)OC(=O)N1CCC(c2cc(C(=O)N3CCC[C@@H]4CCCC[C@H]43)cs2)CC1. The lowest BCUT2D eigenvalue weighted by Gasteiger charge is -2.44. The second kappa shape index (κ2) is 8.89. The smallest absolute Gasteiger partial charge is 0.410 e. The van der Waals surface area contributed by atoms with Crippen molar-refractivity contribution in [2.45, 2.75) is 89.7 Å². The number of likely N-dealkylation sites (tertiary alicyclic amines) is 2. The van der Waals surface area contributed by atoms with Crippen molar-refractivity contribution in [2.24, 2.45) is 5.92 Å². The van der Waals surface area contributed by atoms with Crippen LogP contribution in [-0.4, -0.2) is 53.1 Å². The number of nitrogens with zero attached hydrogens (tertiary/aromatic N) is 2. The molecular weight excluding hydrogens is 396 g/mol. The third kappa shape index (κ3) is 4.84. The summed E-state index contributed by atoms with van der Waals surface area (Å²) in [6, 6.07) is 2.59. The minimum atomic E-state index is -0.456. The van der Waals surface area contributed by atoms with E-state index in [9.17, 15) is 9.59 Å². The second-order valence-electron chi connectivity index (χ2n) is 10.2. The molecule has 6 heteroatoms. The maximum atomic E-state index is 13.3. The molecule has 0 bridgehead atoms. The van der Waals surface area contributed by atoms with Crippen LogP contribution in [0.15, 0.2) is 11.4 Å². The maximum Gasteiger partial charge on any atom is 0.410 e. The van der Waals surface area contributed by atoms with E-state index in [2.05, 4.69) is 16.3 Å². The fourth-order valence-electron chi connectivity index (χ4n) is 5.39. The van der Waals surface area contributed by atoms with Gasteiger partial charge in [0.25, 0.3) is 5.91 Å². The second-order valence-corrected chi connectivity index (χ2v) is 11.2. The van der Waals surface area contributed by atoms with Crippen molar-refractivity contribution in [3.8, 4) is 0 Å². The highest BCUT2D eigenvalue weighted by atomic mass is 32.1. The average Bonchev–Trinajstić information content (AvgIpc) is 3.22. The van der Waals surface area contributed by atoms with Crippen LogP contribution >= 0.6 is 11.3 Å². The lowest BCUT2D eigenvalue weighted by molar-refractivity contribution is 0.0205. The molecule has 0 unspecified atom stereocenters. The Labute approximate surface area is 184 Å². The molecule has 30 heavy (non-hydrogen) atoms. The first-order valence-electron chi connectivity index (χ1n) is 11.7. The summed E-state index contributed by atoms with van der Waals surface area (Å²) in [7, 11) is 0. The molecule has 2 amide bonds. The Balaban J connectivity index is 1.35. The summed E-state index contributed by atoms with van der Waals surface area (Å²) in [5.41, 5.74) is 0.415. The molecule has 3 aliphatic rings. The lowest BCUT2D eigenvalue weighted by atomic mass is 9.78. The first kappa shape index (κ1) is 21.7. The van der Waals surface area contributed by atoms with Crippen LogP contribution in [0.2, 0.25) is 0 Å². The van der Waals surface area contributed by atoms with E-state index in [-0.39, 0.29) is 12.0 Å². The number of fused-ring (bicyclic) bond motifs is 1. The quantitative estimate of drug-likeness (QED) is 0.606. The zero-order valence-corrected chi connectivity index (χ0v) is 19.5. The Morgan fingerprint density at radius 2 is 1.70 bits per heavy atom. The van der Waals surface area contributed by atoms with Crippen LogP contribution in [0.5, 0.6) is 0 Å². The van der Waals surface area contributed by atoms with E-state index in [0.717, 1.165) is 44.5 Å². The van der Waals surface area contributed by atoms with Gasteiger partial charge < -0.3 is 14.5 Å². The van der Waals surface area contributed by atoms with Crippen molar-refractivity contribution in [3.05, 3.63) is 21.9 Å². The van der Waals surface area contributed by atoms with Crippen LogP contribution in [-0.2, 0) is 4.74 Å². The fraction of sp³-hybridized carbons (Fsp3) is 0.750. The summed E-state index contributed by atoms with van der Waals surface area (Å²) in [5.74, 6) is 1.38. The van der Waals surface area contributed by atoms with Crippen molar-refractivity contribution < 1.29 is 14.3 Å². The molecule has 1 aliphatic carbocycles. The highest BCUT2D eigenvalue weighted by Gasteiger charge is 2.36. The zero-order valence-electron chi connectivity index (χ0n) is 18.7. The van der Waals surface area contributed by atoms with Gasteiger partial charge in [-0.3, -0.25) is 4.79 Å². The number of ether oxygens (including phenoxy) is 1. The third-order valence-electron chi connectivity index (χ3n) is 6.92. The van der Waals surface area contributed by atoms with Gasteiger partial charge in [-0.05, 0) is 77.2 Å². The van der Waals surface area contributed by atoms with Gasteiger partial charge in [0.1, 0.15) is 5.60 Å². The van der Waals surface area contributed by atoms with Gasteiger partial charge in [-0.15, -0.1) is 11.3 Å². The molecule has 2 saturated heterocycles. The minimum Gasteiger partial charge on any atom is -0.444 e. The van der Waals surface area contributed by atoms with E-state index in [4.69, 9.17) is 4.74 Å². The lowest BCUT2D eigenvalue weighted by Crippen LogP contribution is -2.49. The number of rotatable bonds is 2. The molecule has 0 N–H and O–H groups in total. The molecule has 0 spiro atoms. The molecular formula is C24H36N2O3S. The van der Waals surface area contributed by atoms with E-state index in [0.29, 0.717) is 17.9 Å². The van der Waals surface area contributed by atoms with Gasteiger partial charge in [-0.1, -0.05) is 12.8 Å². The van der Waals surface area contributed by atoms with E-state index in [1.54, 1.807) is 11.3 Å². The Bertz CT molecular complexity index is 759. The average molecular weight is 433 g/mol. The summed E-state index contributed by atoms with van der Waals surface area (Å²) < 4.78 is 5.50. The summed E-state index contributed by atoms with van der Waals surface area (Å²) in [6.45, 7) is 8.06. The molecule has 1 aromatic rings. The summed E-state index contributed by atoms with van der Waals surface area (Å²) in [6.07, 6.45) is 9.14. The number of carbonyl (C=O) groups excluding carboxylic acids is 2. The predicted octanol–water partition coefficient (Wildman–Crippen LogP) is 5.66. The maximum absolute atomic E-state index is 13.3. The Hall–Kier alpha value is -1.56. The van der Waals surface area contributed by atoms with Gasteiger partial charge in [0.15, 0.2) is 0 Å². The first-order valence-corrected chi connectivity index (χ1v) is 12.6. The molecule has 3 heterocycles. The van der Waals surface area contributed by atoms with Gasteiger partial charge in [0.2, 0.25) is 0 Å². The third-order valence-corrected chi connectivity index (χ3v) is 8.01. The molecule has 0 radical (unpaired) electrons. The number of carbonyl (C=O) groups is 2. The van der Waals surface area contributed by atoms with Crippen LogP contribution in [0.3, 0.4) is 0 Å². The monoisotopic (exact) mass is 432 g/mol. The Kier molecular flexibility index (Phi) is 6.42. The van der Waals surface area contributed by atoms with Crippen molar-refractivity contribution in [1.82, 2.24) is 9.80 Å². The van der Waals surface area contributed by atoms with Gasteiger partial charge in [0.05, 0.1) is 5.56 Å². The van der Waals surface area contributed by atoms with E-state index in [1.807, 2.05) is 25.7 Å². The summed E-state index contributed by atoms with van der Waals surface area (Å²) in [5, 5.41) is 2.06. The number of hydrogen-bond donors (Lipinski definition) is 0. The normalized spacial score (nSPS) is 25.7. The van der Waals surface area contributed by atoms with Gasteiger partial charge in [-0.25, -0.2) is 4.79 Å². The number of amides is 2. The molecule has 2 atom stereocenters. The van der Waals surface area contributed by atoms with Crippen LogP contribution < -0.4 is 0 Å². The summed E-state index contributed by atoms with van der Waals surface area (Å²) >= 11 is 1.72. The molecule has 166 valence electrons. The van der Waals surface area contributed by atoms with Gasteiger partial charge in [0, 0.05) is 35.9 Å². The molecule has 4 rings (SSSR count). The summed E-state index contributed by atoms with van der Waals surface area (Å²) in [4.78, 5) is 30.9. The van der Waals surface area contributed by atoms with Crippen molar-refractivity contribution >= 4 is 23.3 Å². The molecule has 1 saturated carbocycles. The first-order chi connectivity index (χ1) is 14.3. The van der Waals surface area contributed by atoms with Crippen LogP contribution in [0.1, 0.15) is 93.3 Å². The van der Waals surface area contributed by atoms with Gasteiger partial charge in [-0.2, -0.15) is 0 Å². The van der Waals surface area contributed by atoms with Crippen molar-refractivity contribution in [3.63, 3.8) is 0 Å². The predicted molar refractivity (Wildman–Crippen MR) is 120 cm³/mol. The topological polar surface area (TPSA) is 49.9 Å².